The predicted octanol–water partition coefficient (Wildman–Crippen LogP) is 17.5. The van der Waals surface area contributed by atoms with E-state index in [1.165, 1.54) is 122 Å². The van der Waals surface area contributed by atoms with Crippen molar-refractivity contribution in [2.24, 2.45) is 0 Å². The summed E-state index contributed by atoms with van der Waals surface area (Å²) in [6.45, 7) is 5.66. The monoisotopic (exact) mass is 1180 g/mol. The Balaban J connectivity index is 2.61. The number of hydrogen-bond acceptors (Lipinski definition) is 10. The maximum absolute atomic E-state index is 13.5. The lowest BCUT2D eigenvalue weighted by Gasteiger charge is -2.41. The summed E-state index contributed by atoms with van der Waals surface area (Å²) < 4.78 is 17.7. The number of amides is 1. The number of carbonyl (C=O) groups is 2. The van der Waals surface area contributed by atoms with Gasteiger partial charge in [0.15, 0.2) is 12.4 Å². The molecule has 1 rings (SSSR count). The van der Waals surface area contributed by atoms with Crippen LogP contribution in [0.15, 0.2) is 97.2 Å². The minimum atomic E-state index is -1.62. The number of allylic oxidation sites excluding steroid dienone is 15. The van der Waals surface area contributed by atoms with Crippen LogP contribution in [-0.2, 0) is 23.8 Å². The molecule has 11 heteroatoms. The fourth-order valence-corrected chi connectivity index (χ4v) is 10.3. The highest BCUT2D eigenvalue weighted by molar-refractivity contribution is 5.80. The summed E-state index contributed by atoms with van der Waals surface area (Å²) in [5.74, 6) is -1.20. The van der Waals surface area contributed by atoms with Gasteiger partial charge < -0.3 is 45.1 Å². The first-order valence-corrected chi connectivity index (χ1v) is 34.5. The predicted molar refractivity (Wildman–Crippen MR) is 352 cm³/mol. The molecule has 0 aromatic rings. The molecule has 8 atom stereocenters. The van der Waals surface area contributed by atoms with Gasteiger partial charge in [0.25, 0.3) is 0 Å². The standard InChI is InChI=1S/C73H127NO10/c1-4-7-10-13-16-19-22-25-27-29-31-32-33-34-35-37-38-40-42-45-48-51-54-57-60-66(77)72(81)74-64(65(76)59-56-53-50-47-44-24-21-18-15-12-9-6-3)63-82-73-71(70(80)69(79)67(62-75)83-73)84-68(78)61-58-55-52-49-46-43-41-39-36-30-28-26-23-20-17-14-11-8-5-2/h7,10,16-17,19-20,25-28,31-32,34-35,56,59,64-67,69-71,73,75-77,79-80H,4-6,8-9,11-15,18,21-24,29-30,33,36-55,57-58,60-63H2,1-3H3,(H,74,81)/b10-7-,19-16-,20-17-,27-25-,28-26-,32-31-,35-34-,59-56+. The third-order valence-electron chi connectivity index (χ3n) is 15.7. The van der Waals surface area contributed by atoms with Crippen molar-refractivity contribution in [1.82, 2.24) is 5.32 Å². The van der Waals surface area contributed by atoms with E-state index in [9.17, 15) is 35.1 Å². The maximum atomic E-state index is 13.5. The number of unbranched alkanes of at least 4 members (excludes halogenated alkanes) is 30. The Morgan fingerprint density at radius 1 is 0.476 bits per heavy atom. The zero-order valence-electron chi connectivity index (χ0n) is 53.7. The van der Waals surface area contributed by atoms with Gasteiger partial charge in [0.05, 0.1) is 25.4 Å². The molecule has 0 aromatic carbocycles. The fraction of sp³-hybridized carbons (Fsp3) is 0.753. The van der Waals surface area contributed by atoms with Crippen molar-refractivity contribution in [3.63, 3.8) is 0 Å². The number of aliphatic hydroxyl groups excluding tert-OH is 5. The van der Waals surface area contributed by atoms with E-state index in [0.717, 1.165) is 122 Å². The molecule has 0 saturated carbocycles. The first-order chi connectivity index (χ1) is 41.2. The van der Waals surface area contributed by atoms with Crippen LogP contribution in [0.25, 0.3) is 0 Å². The van der Waals surface area contributed by atoms with Gasteiger partial charge in [-0.05, 0) is 103 Å². The number of nitrogens with one attached hydrogen (secondary N) is 1. The van der Waals surface area contributed by atoms with Gasteiger partial charge in [0, 0.05) is 6.42 Å². The SMILES string of the molecule is CC/C=C\C/C=C\C/C=C\C/C=C\C/C=C\CCCCCCCCCCC(O)C(=O)NC(COC1OC(CO)C(O)C(O)C1OC(=O)CCCCCCCCCCC/C=C\C/C=C\CCCCC)C(O)/C=C/CCCCCCCCCCCC. The fourth-order valence-electron chi connectivity index (χ4n) is 10.3. The van der Waals surface area contributed by atoms with E-state index in [-0.39, 0.29) is 19.4 Å². The molecule has 1 fully saturated rings. The lowest BCUT2D eigenvalue weighted by molar-refractivity contribution is -0.305. The molecular weight excluding hydrogens is 1050 g/mol. The summed E-state index contributed by atoms with van der Waals surface area (Å²) in [4.78, 5) is 26.7. The van der Waals surface area contributed by atoms with Crippen LogP contribution in [0.1, 0.15) is 290 Å². The molecule has 1 aliphatic heterocycles. The largest absolute Gasteiger partial charge is 0.454 e. The smallest absolute Gasteiger partial charge is 0.306 e. The van der Waals surface area contributed by atoms with Crippen LogP contribution < -0.4 is 5.32 Å². The molecule has 484 valence electrons. The number of ether oxygens (including phenoxy) is 3. The van der Waals surface area contributed by atoms with Crippen molar-refractivity contribution >= 4 is 11.9 Å². The lowest BCUT2D eigenvalue weighted by atomic mass is 9.99. The molecule has 0 aromatic heterocycles. The molecule has 11 nitrogen and oxygen atoms in total. The van der Waals surface area contributed by atoms with E-state index in [2.05, 4.69) is 111 Å². The second-order valence-electron chi connectivity index (χ2n) is 23.5. The van der Waals surface area contributed by atoms with Crippen molar-refractivity contribution in [3.8, 4) is 0 Å². The molecule has 0 aliphatic carbocycles. The Morgan fingerprint density at radius 2 is 0.857 bits per heavy atom. The average Bonchev–Trinajstić information content (AvgIpc) is 3.54. The van der Waals surface area contributed by atoms with Gasteiger partial charge in [0.2, 0.25) is 5.91 Å². The Kier molecular flexibility index (Phi) is 56.0. The minimum Gasteiger partial charge on any atom is -0.454 e. The number of carbonyl (C=O) groups excluding carboxylic acids is 2. The molecular formula is C73H127NO10. The van der Waals surface area contributed by atoms with Gasteiger partial charge in [-0.2, -0.15) is 0 Å². The van der Waals surface area contributed by atoms with E-state index < -0.39 is 67.4 Å². The van der Waals surface area contributed by atoms with Crippen LogP contribution in [0, 0.1) is 0 Å². The zero-order chi connectivity index (χ0) is 61.0. The van der Waals surface area contributed by atoms with Gasteiger partial charge in [-0.15, -0.1) is 0 Å². The third-order valence-corrected chi connectivity index (χ3v) is 15.7. The van der Waals surface area contributed by atoms with Gasteiger partial charge in [-0.3, -0.25) is 9.59 Å². The molecule has 8 unspecified atom stereocenters. The van der Waals surface area contributed by atoms with Crippen molar-refractivity contribution in [1.29, 1.82) is 0 Å². The Bertz CT molecular complexity index is 1740. The highest BCUT2D eigenvalue weighted by Crippen LogP contribution is 2.26. The molecule has 1 amide bonds. The van der Waals surface area contributed by atoms with Crippen molar-refractivity contribution in [2.75, 3.05) is 13.2 Å². The van der Waals surface area contributed by atoms with Crippen LogP contribution in [0.3, 0.4) is 0 Å². The Morgan fingerprint density at radius 3 is 1.31 bits per heavy atom. The molecule has 0 bridgehead atoms. The van der Waals surface area contributed by atoms with Crippen molar-refractivity contribution < 1.29 is 49.3 Å². The minimum absolute atomic E-state index is 0.115. The summed E-state index contributed by atoms with van der Waals surface area (Å²) >= 11 is 0. The van der Waals surface area contributed by atoms with Crippen LogP contribution in [0.4, 0.5) is 0 Å². The molecule has 1 heterocycles. The second-order valence-corrected chi connectivity index (χ2v) is 23.5. The first-order valence-electron chi connectivity index (χ1n) is 34.5. The van der Waals surface area contributed by atoms with E-state index in [0.29, 0.717) is 12.8 Å². The highest BCUT2D eigenvalue weighted by Gasteiger charge is 2.47. The number of aliphatic hydroxyl groups is 5. The summed E-state index contributed by atoms with van der Waals surface area (Å²) in [5.41, 5.74) is 0. The Labute approximate surface area is 514 Å². The van der Waals surface area contributed by atoms with Gasteiger partial charge in [-0.1, -0.05) is 279 Å². The molecule has 6 N–H and O–H groups in total. The molecule has 1 saturated heterocycles. The summed E-state index contributed by atoms with van der Waals surface area (Å²) in [7, 11) is 0. The van der Waals surface area contributed by atoms with Crippen LogP contribution in [-0.4, -0.2) is 99.6 Å². The normalized spacial score (nSPS) is 19.1. The lowest BCUT2D eigenvalue weighted by Crippen LogP contribution is -2.61. The van der Waals surface area contributed by atoms with Crippen LogP contribution in [0.5, 0.6) is 0 Å². The number of hydrogen-bond donors (Lipinski definition) is 6. The van der Waals surface area contributed by atoms with E-state index in [1.807, 2.05) is 6.08 Å². The molecule has 84 heavy (non-hydrogen) atoms. The van der Waals surface area contributed by atoms with Crippen LogP contribution in [0.2, 0.25) is 0 Å². The van der Waals surface area contributed by atoms with Gasteiger partial charge in [0.1, 0.15) is 24.4 Å². The van der Waals surface area contributed by atoms with Crippen molar-refractivity contribution in [3.05, 3.63) is 97.2 Å². The summed E-state index contributed by atoms with van der Waals surface area (Å²) in [5, 5.41) is 57.2. The maximum Gasteiger partial charge on any atom is 0.306 e. The number of esters is 1. The van der Waals surface area contributed by atoms with Gasteiger partial charge in [-0.25, -0.2) is 0 Å². The Hall–Kier alpha value is -3.42. The quantitative estimate of drug-likeness (QED) is 0.0195. The second kappa shape index (κ2) is 59.9. The summed E-state index contributed by atoms with van der Waals surface area (Å²) in [6, 6.07) is -1.03. The zero-order valence-corrected chi connectivity index (χ0v) is 53.7. The number of rotatable bonds is 58. The van der Waals surface area contributed by atoms with E-state index in [4.69, 9.17) is 14.2 Å². The summed E-state index contributed by atoms with van der Waals surface area (Å²) in [6.07, 6.45) is 70.1. The molecule has 0 radical (unpaired) electrons. The van der Waals surface area contributed by atoms with E-state index in [1.54, 1.807) is 6.08 Å². The highest BCUT2D eigenvalue weighted by atomic mass is 16.7. The van der Waals surface area contributed by atoms with E-state index >= 15 is 0 Å². The first kappa shape index (κ1) is 78.6. The third kappa shape index (κ3) is 46.8. The van der Waals surface area contributed by atoms with Crippen LogP contribution >= 0.6 is 0 Å². The molecule has 0 spiro atoms. The molecule has 1 aliphatic rings. The van der Waals surface area contributed by atoms with Gasteiger partial charge >= 0.3 is 5.97 Å². The topological polar surface area (TPSA) is 175 Å². The van der Waals surface area contributed by atoms with Crippen molar-refractivity contribution in [2.45, 2.75) is 339 Å². The average molecular weight is 1180 g/mol.